The molecule has 12 heteroatoms. The van der Waals surface area contributed by atoms with Crippen molar-refractivity contribution in [1.82, 2.24) is 14.4 Å². The van der Waals surface area contributed by atoms with Crippen LogP contribution in [0.2, 0.25) is 0 Å². The van der Waals surface area contributed by atoms with Crippen molar-refractivity contribution in [2.45, 2.75) is 37.8 Å². The highest BCUT2D eigenvalue weighted by Gasteiger charge is 2.25. The molecule has 0 radical (unpaired) electrons. The lowest BCUT2D eigenvalue weighted by Crippen LogP contribution is -2.37. The molecule has 33 heavy (non-hydrogen) atoms. The number of hydrogen-bond acceptors (Lipinski definition) is 9. The summed E-state index contributed by atoms with van der Waals surface area (Å²) in [5.41, 5.74) is 12.2. The normalized spacial score (nSPS) is 11.6. The number of methoxy groups -OCH3 is 1. The summed E-state index contributed by atoms with van der Waals surface area (Å²) >= 11 is 0.964. The zero-order valence-corrected chi connectivity index (χ0v) is 19.8. The summed E-state index contributed by atoms with van der Waals surface area (Å²) in [7, 11) is 1.47. The third-order valence-electron chi connectivity index (χ3n) is 3.89. The Bertz CT molecular complexity index is 996. The number of benzene rings is 1. The van der Waals surface area contributed by atoms with Crippen molar-refractivity contribution < 1.29 is 19.1 Å². The minimum Gasteiger partial charge on any atom is -0.495 e. The summed E-state index contributed by atoms with van der Waals surface area (Å²) < 4.78 is 11.9. The molecule has 2 aromatic rings. The highest BCUT2D eigenvalue weighted by atomic mass is 32.2. The van der Waals surface area contributed by atoms with Gasteiger partial charge in [0.1, 0.15) is 17.9 Å². The fraction of sp³-hybridized carbons (Fsp3) is 0.333. The number of amides is 2. The van der Waals surface area contributed by atoms with Crippen LogP contribution < -0.4 is 22.0 Å². The van der Waals surface area contributed by atoms with Gasteiger partial charge in [0.15, 0.2) is 5.84 Å². The zero-order valence-electron chi connectivity index (χ0n) is 19.0. The lowest BCUT2D eigenvalue weighted by Gasteiger charge is -2.26. The van der Waals surface area contributed by atoms with Crippen LogP contribution in [0.15, 0.2) is 52.7 Å². The van der Waals surface area contributed by atoms with E-state index in [0.717, 1.165) is 21.8 Å². The number of hydrazine groups is 1. The van der Waals surface area contributed by atoms with Gasteiger partial charge in [0.2, 0.25) is 5.91 Å². The average molecular weight is 476 g/mol. The molecule has 0 unspecified atom stereocenters. The maximum absolute atomic E-state index is 12.5. The summed E-state index contributed by atoms with van der Waals surface area (Å²) in [6.45, 7) is 5.18. The Kier molecular flexibility index (Phi) is 8.88. The van der Waals surface area contributed by atoms with E-state index in [1.807, 2.05) is 12.1 Å². The van der Waals surface area contributed by atoms with Gasteiger partial charge < -0.3 is 20.9 Å². The maximum atomic E-state index is 12.5. The summed E-state index contributed by atoms with van der Waals surface area (Å²) in [5.74, 6) is 5.84. The van der Waals surface area contributed by atoms with Gasteiger partial charge in [-0.2, -0.15) is 0 Å². The van der Waals surface area contributed by atoms with Crippen molar-refractivity contribution in [3.63, 3.8) is 0 Å². The molecule has 0 aliphatic rings. The SMILES string of the molecule is COc1cc(/C(N)=N/N(N)Cc2ccncc2)ccc1SN(CC(N)=O)C(=O)OC(C)(C)C. The number of carbonyl (C=O) groups excluding carboxylic acids is 2. The quantitative estimate of drug-likeness (QED) is 0.161. The van der Waals surface area contributed by atoms with Gasteiger partial charge in [-0.05, 0) is 68.6 Å². The van der Waals surface area contributed by atoms with Crippen LogP contribution in [0.25, 0.3) is 0 Å². The Morgan fingerprint density at radius 1 is 1.15 bits per heavy atom. The molecule has 2 amide bonds. The minimum absolute atomic E-state index is 0.169. The lowest BCUT2D eigenvalue weighted by molar-refractivity contribution is -0.118. The van der Waals surface area contributed by atoms with Gasteiger partial charge in [0, 0.05) is 18.0 Å². The lowest BCUT2D eigenvalue weighted by atomic mass is 10.2. The van der Waals surface area contributed by atoms with E-state index in [-0.39, 0.29) is 12.4 Å². The Balaban J connectivity index is 2.21. The first-order valence-corrected chi connectivity index (χ1v) is 10.7. The number of aromatic nitrogens is 1. The van der Waals surface area contributed by atoms with E-state index < -0.39 is 17.6 Å². The number of hydrazone groups is 1. The number of amidine groups is 1. The number of pyridine rings is 1. The summed E-state index contributed by atoms with van der Waals surface area (Å²) in [6.07, 6.45) is 2.63. The minimum atomic E-state index is -0.739. The Morgan fingerprint density at radius 3 is 2.39 bits per heavy atom. The molecule has 0 bridgehead atoms. The fourth-order valence-electron chi connectivity index (χ4n) is 2.52. The standard InChI is InChI=1S/C21H29N7O4S/c1-21(2,3)32-20(30)27(13-18(22)29)33-17-6-5-15(11-16(17)31-4)19(23)26-28(24)12-14-7-9-25-10-8-14/h5-11H,12-13,24H2,1-4H3,(H2,22,29)(H2,23,26). The molecule has 6 N–H and O–H groups in total. The van der Waals surface area contributed by atoms with Gasteiger partial charge in [0.25, 0.3) is 0 Å². The number of hydrogen-bond donors (Lipinski definition) is 3. The molecule has 178 valence electrons. The van der Waals surface area contributed by atoms with Gasteiger partial charge >= 0.3 is 6.09 Å². The van der Waals surface area contributed by atoms with E-state index in [1.165, 1.54) is 12.2 Å². The molecule has 0 spiro atoms. The molecule has 0 fully saturated rings. The molecule has 0 aliphatic heterocycles. The van der Waals surface area contributed by atoms with Gasteiger partial charge in [-0.25, -0.2) is 20.1 Å². The molecule has 0 atom stereocenters. The van der Waals surface area contributed by atoms with Crippen molar-refractivity contribution in [2.75, 3.05) is 13.7 Å². The predicted octanol–water partition coefficient (Wildman–Crippen LogP) is 1.82. The van der Waals surface area contributed by atoms with E-state index in [4.69, 9.17) is 26.8 Å². The first-order chi connectivity index (χ1) is 15.5. The number of carbonyl (C=O) groups is 2. The molecule has 0 saturated heterocycles. The number of primary amides is 1. The van der Waals surface area contributed by atoms with E-state index in [0.29, 0.717) is 22.8 Å². The Hall–Kier alpha value is -3.51. The van der Waals surface area contributed by atoms with Gasteiger partial charge in [0.05, 0.1) is 18.6 Å². The van der Waals surface area contributed by atoms with Crippen LogP contribution in [0, 0.1) is 0 Å². The second-order valence-corrected chi connectivity index (χ2v) is 8.94. The highest BCUT2D eigenvalue weighted by molar-refractivity contribution is 7.97. The molecule has 11 nitrogen and oxygen atoms in total. The number of nitrogens with zero attached hydrogens (tertiary/aromatic N) is 4. The Labute approximate surface area is 197 Å². The van der Waals surface area contributed by atoms with Crippen LogP contribution in [-0.2, 0) is 16.1 Å². The second kappa shape index (κ2) is 11.4. The second-order valence-electron chi connectivity index (χ2n) is 7.88. The summed E-state index contributed by atoms with van der Waals surface area (Å²) in [4.78, 5) is 28.5. The maximum Gasteiger partial charge on any atom is 0.421 e. The van der Waals surface area contributed by atoms with Crippen molar-refractivity contribution in [2.24, 2.45) is 22.4 Å². The van der Waals surface area contributed by atoms with Gasteiger partial charge in [-0.1, -0.05) is 0 Å². The molecular weight excluding hydrogens is 446 g/mol. The molecule has 0 saturated carbocycles. The largest absolute Gasteiger partial charge is 0.495 e. The third-order valence-corrected chi connectivity index (χ3v) is 4.93. The molecule has 1 aromatic carbocycles. The molecule has 0 aliphatic carbocycles. The van der Waals surface area contributed by atoms with Crippen LogP contribution in [0.3, 0.4) is 0 Å². The topological polar surface area (TPSA) is 162 Å². The van der Waals surface area contributed by atoms with Crippen LogP contribution in [-0.4, -0.2) is 51.5 Å². The highest BCUT2D eigenvalue weighted by Crippen LogP contribution is 2.33. The molecular formula is C21H29N7O4S. The van der Waals surface area contributed by atoms with E-state index in [2.05, 4.69) is 10.1 Å². The van der Waals surface area contributed by atoms with Crippen LogP contribution in [0.4, 0.5) is 4.79 Å². The fourth-order valence-corrected chi connectivity index (χ4v) is 3.42. The van der Waals surface area contributed by atoms with Crippen molar-refractivity contribution in [1.29, 1.82) is 0 Å². The van der Waals surface area contributed by atoms with E-state index in [1.54, 1.807) is 51.4 Å². The summed E-state index contributed by atoms with van der Waals surface area (Å²) in [6, 6.07) is 8.68. The van der Waals surface area contributed by atoms with Crippen molar-refractivity contribution in [3.05, 3.63) is 53.9 Å². The monoisotopic (exact) mass is 475 g/mol. The first-order valence-electron chi connectivity index (χ1n) is 9.89. The zero-order chi connectivity index (χ0) is 24.6. The van der Waals surface area contributed by atoms with Gasteiger partial charge in [-0.3, -0.25) is 9.78 Å². The summed E-state index contributed by atoms with van der Waals surface area (Å²) in [5, 5.41) is 5.41. The first kappa shape index (κ1) is 25.7. The predicted molar refractivity (Wildman–Crippen MR) is 126 cm³/mol. The smallest absolute Gasteiger partial charge is 0.421 e. The van der Waals surface area contributed by atoms with E-state index in [9.17, 15) is 9.59 Å². The average Bonchev–Trinajstić information content (AvgIpc) is 2.72. The molecule has 1 heterocycles. The van der Waals surface area contributed by atoms with Crippen LogP contribution in [0.5, 0.6) is 5.75 Å². The Morgan fingerprint density at radius 2 is 1.82 bits per heavy atom. The molecule has 1 aromatic heterocycles. The third kappa shape index (κ3) is 8.50. The number of rotatable bonds is 9. The number of nitrogens with two attached hydrogens (primary N) is 3. The van der Waals surface area contributed by atoms with Gasteiger partial charge in [-0.15, -0.1) is 5.10 Å². The van der Waals surface area contributed by atoms with Crippen molar-refractivity contribution in [3.8, 4) is 5.75 Å². The van der Waals surface area contributed by atoms with Crippen LogP contribution in [0.1, 0.15) is 31.9 Å². The molecule has 2 rings (SSSR count). The van der Waals surface area contributed by atoms with Crippen LogP contribution >= 0.6 is 11.9 Å². The van der Waals surface area contributed by atoms with Crippen molar-refractivity contribution >= 4 is 29.8 Å². The number of ether oxygens (including phenoxy) is 2. The van der Waals surface area contributed by atoms with E-state index >= 15 is 0 Å².